The van der Waals surface area contributed by atoms with E-state index in [0.717, 1.165) is 24.1 Å². The summed E-state index contributed by atoms with van der Waals surface area (Å²) < 4.78 is 5.00. The lowest BCUT2D eigenvalue weighted by Gasteiger charge is -2.31. The molecule has 3 rings (SSSR count). The molecule has 0 radical (unpaired) electrons. The van der Waals surface area contributed by atoms with Crippen LogP contribution in [0.2, 0.25) is 0 Å². The summed E-state index contributed by atoms with van der Waals surface area (Å²) in [6.07, 6.45) is 1.81. The fourth-order valence-electron chi connectivity index (χ4n) is 3.22. The Hall–Kier alpha value is -2.57. The number of likely N-dealkylation sites (tertiary alicyclic amines) is 1. The number of hydrogen-bond acceptors (Lipinski definition) is 5. The molecule has 1 saturated heterocycles. The van der Waals surface area contributed by atoms with Crippen molar-refractivity contribution < 1.29 is 19.2 Å². The summed E-state index contributed by atoms with van der Waals surface area (Å²) in [5.41, 5.74) is 2.04. The van der Waals surface area contributed by atoms with Crippen molar-refractivity contribution in [3.8, 4) is 0 Å². The molecule has 7 heteroatoms. The zero-order valence-electron chi connectivity index (χ0n) is 15.0. The molecule has 1 N–H and O–H groups in total. The van der Waals surface area contributed by atoms with E-state index in [4.69, 9.17) is 9.57 Å². The zero-order chi connectivity index (χ0) is 18.4. The van der Waals surface area contributed by atoms with Gasteiger partial charge >= 0.3 is 6.09 Å². The molecule has 0 aromatic heterocycles. The minimum Gasteiger partial charge on any atom is -0.450 e. The standard InChI is InChI=1S/C19H25N3O4/c1-2-25-19(24)22-10-8-15(9-11-22)20-18(23)17-13-16(21-26-17)12-14-6-4-3-5-7-14/h3-7,15,17H,2,8-13H2,1H3,(H,20,23). The van der Waals surface area contributed by atoms with Crippen LogP contribution in [-0.2, 0) is 20.8 Å². The van der Waals surface area contributed by atoms with Gasteiger partial charge in [0.1, 0.15) is 0 Å². The molecule has 2 aliphatic rings. The van der Waals surface area contributed by atoms with Crippen molar-refractivity contribution in [1.29, 1.82) is 0 Å². The van der Waals surface area contributed by atoms with E-state index in [1.807, 2.05) is 30.3 Å². The first kappa shape index (κ1) is 18.2. The predicted molar refractivity (Wildman–Crippen MR) is 96.8 cm³/mol. The third-order valence-electron chi connectivity index (χ3n) is 4.64. The van der Waals surface area contributed by atoms with Crippen molar-refractivity contribution in [3.63, 3.8) is 0 Å². The van der Waals surface area contributed by atoms with E-state index in [-0.39, 0.29) is 18.0 Å². The van der Waals surface area contributed by atoms with Crippen molar-refractivity contribution >= 4 is 17.7 Å². The molecular formula is C19H25N3O4. The van der Waals surface area contributed by atoms with Gasteiger partial charge in [0.25, 0.3) is 5.91 Å². The first-order valence-corrected chi connectivity index (χ1v) is 9.13. The molecule has 0 bridgehead atoms. The minimum atomic E-state index is -0.559. The van der Waals surface area contributed by atoms with Gasteiger partial charge < -0.3 is 19.8 Å². The van der Waals surface area contributed by atoms with E-state index < -0.39 is 6.10 Å². The van der Waals surface area contributed by atoms with Crippen LogP contribution in [0.15, 0.2) is 35.5 Å². The summed E-state index contributed by atoms with van der Waals surface area (Å²) in [7, 11) is 0. The average Bonchev–Trinajstić information content (AvgIpc) is 3.12. The predicted octanol–water partition coefficient (Wildman–Crippen LogP) is 2.11. The SMILES string of the molecule is CCOC(=O)N1CCC(NC(=O)C2CC(Cc3ccccc3)=NO2)CC1. The molecular weight excluding hydrogens is 334 g/mol. The molecule has 0 aliphatic carbocycles. The van der Waals surface area contributed by atoms with Crippen molar-refractivity contribution in [2.75, 3.05) is 19.7 Å². The lowest BCUT2D eigenvalue weighted by molar-refractivity contribution is -0.132. The second kappa shape index (κ2) is 8.69. The summed E-state index contributed by atoms with van der Waals surface area (Å²) >= 11 is 0. The molecule has 0 spiro atoms. The molecule has 26 heavy (non-hydrogen) atoms. The number of oxime groups is 1. The lowest BCUT2D eigenvalue weighted by Crippen LogP contribution is -2.49. The van der Waals surface area contributed by atoms with Gasteiger partial charge in [-0.2, -0.15) is 0 Å². The van der Waals surface area contributed by atoms with E-state index >= 15 is 0 Å². The van der Waals surface area contributed by atoms with Gasteiger partial charge in [0, 0.05) is 32.0 Å². The van der Waals surface area contributed by atoms with Crippen molar-refractivity contribution in [2.45, 2.75) is 44.8 Å². The van der Waals surface area contributed by atoms with Crippen LogP contribution in [0.3, 0.4) is 0 Å². The van der Waals surface area contributed by atoms with Crippen LogP contribution < -0.4 is 5.32 Å². The van der Waals surface area contributed by atoms with Crippen molar-refractivity contribution in [2.24, 2.45) is 5.16 Å². The number of piperidine rings is 1. The summed E-state index contributed by atoms with van der Waals surface area (Å²) in [6, 6.07) is 10.1. The van der Waals surface area contributed by atoms with Gasteiger partial charge in [0.2, 0.25) is 6.10 Å². The summed E-state index contributed by atoms with van der Waals surface area (Å²) in [5, 5.41) is 7.09. The van der Waals surface area contributed by atoms with Gasteiger partial charge in [0.05, 0.1) is 12.3 Å². The van der Waals surface area contributed by atoms with Crippen LogP contribution >= 0.6 is 0 Å². The van der Waals surface area contributed by atoms with Crippen LogP contribution in [0.25, 0.3) is 0 Å². The molecule has 1 aromatic carbocycles. The van der Waals surface area contributed by atoms with E-state index in [0.29, 0.717) is 32.5 Å². The van der Waals surface area contributed by atoms with Gasteiger partial charge in [-0.25, -0.2) is 4.79 Å². The van der Waals surface area contributed by atoms with E-state index in [1.54, 1.807) is 11.8 Å². The molecule has 0 saturated carbocycles. The number of nitrogens with one attached hydrogen (secondary N) is 1. The first-order valence-electron chi connectivity index (χ1n) is 9.13. The fourth-order valence-corrected chi connectivity index (χ4v) is 3.22. The lowest BCUT2D eigenvalue weighted by atomic mass is 10.0. The minimum absolute atomic E-state index is 0.0509. The Kier molecular flexibility index (Phi) is 6.09. The summed E-state index contributed by atoms with van der Waals surface area (Å²) in [6.45, 7) is 3.34. The van der Waals surface area contributed by atoms with Crippen LogP contribution in [0.5, 0.6) is 0 Å². The number of rotatable bonds is 5. The van der Waals surface area contributed by atoms with Crippen LogP contribution in [0.1, 0.15) is 31.7 Å². The summed E-state index contributed by atoms with van der Waals surface area (Å²) in [5.74, 6) is -0.133. The smallest absolute Gasteiger partial charge is 0.409 e. The summed E-state index contributed by atoms with van der Waals surface area (Å²) in [4.78, 5) is 31.1. The maximum Gasteiger partial charge on any atom is 0.409 e. The second-order valence-corrected chi connectivity index (χ2v) is 6.59. The molecule has 1 unspecified atom stereocenters. The van der Waals surface area contributed by atoms with Crippen LogP contribution in [-0.4, -0.2) is 54.5 Å². The van der Waals surface area contributed by atoms with Gasteiger partial charge in [-0.1, -0.05) is 35.5 Å². The van der Waals surface area contributed by atoms with Crippen molar-refractivity contribution in [3.05, 3.63) is 35.9 Å². The number of ether oxygens (including phenoxy) is 1. The Morgan fingerprint density at radius 2 is 2.00 bits per heavy atom. The number of hydrogen-bond donors (Lipinski definition) is 1. The molecule has 2 aliphatic heterocycles. The third kappa shape index (κ3) is 4.74. The number of benzene rings is 1. The van der Waals surface area contributed by atoms with Gasteiger partial charge in [-0.15, -0.1) is 0 Å². The molecule has 1 fully saturated rings. The molecule has 2 heterocycles. The number of carbonyl (C=O) groups excluding carboxylic acids is 2. The number of carbonyl (C=O) groups is 2. The zero-order valence-corrected chi connectivity index (χ0v) is 15.0. The number of nitrogens with zero attached hydrogens (tertiary/aromatic N) is 2. The molecule has 140 valence electrons. The van der Waals surface area contributed by atoms with Crippen LogP contribution in [0, 0.1) is 0 Å². The topological polar surface area (TPSA) is 80.2 Å². The second-order valence-electron chi connectivity index (χ2n) is 6.59. The molecule has 1 aromatic rings. The maximum atomic E-state index is 12.4. The Labute approximate surface area is 153 Å². The average molecular weight is 359 g/mol. The maximum absolute atomic E-state index is 12.4. The highest BCUT2D eigenvalue weighted by molar-refractivity contribution is 5.94. The monoisotopic (exact) mass is 359 g/mol. The Morgan fingerprint density at radius 1 is 1.27 bits per heavy atom. The van der Waals surface area contributed by atoms with E-state index in [9.17, 15) is 9.59 Å². The quantitative estimate of drug-likeness (QED) is 0.873. The Bertz CT molecular complexity index is 654. The molecule has 1 atom stereocenters. The molecule has 2 amide bonds. The van der Waals surface area contributed by atoms with Gasteiger partial charge in [-0.05, 0) is 25.3 Å². The Balaban J connectivity index is 1.41. The van der Waals surface area contributed by atoms with Crippen molar-refractivity contribution in [1.82, 2.24) is 10.2 Å². The first-order chi connectivity index (χ1) is 12.7. The fraction of sp³-hybridized carbons (Fsp3) is 0.526. The van der Waals surface area contributed by atoms with E-state index in [2.05, 4.69) is 10.5 Å². The largest absolute Gasteiger partial charge is 0.450 e. The van der Waals surface area contributed by atoms with Gasteiger partial charge in [-0.3, -0.25) is 4.79 Å². The third-order valence-corrected chi connectivity index (χ3v) is 4.64. The normalized spacial score (nSPS) is 20.3. The Morgan fingerprint density at radius 3 is 2.69 bits per heavy atom. The number of amides is 2. The molecule has 7 nitrogen and oxygen atoms in total. The highest BCUT2D eigenvalue weighted by Crippen LogP contribution is 2.17. The highest BCUT2D eigenvalue weighted by Gasteiger charge is 2.31. The highest BCUT2D eigenvalue weighted by atomic mass is 16.6. The van der Waals surface area contributed by atoms with E-state index in [1.165, 1.54) is 0 Å². The van der Waals surface area contributed by atoms with Gasteiger partial charge in [0.15, 0.2) is 0 Å². The van der Waals surface area contributed by atoms with Crippen LogP contribution in [0.4, 0.5) is 4.79 Å².